The molecule has 0 saturated heterocycles. The Kier molecular flexibility index (Phi) is 9.69. The molecule has 6 nitrogen and oxygen atoms in total. The van der Waals surface area contributed by atoms with Crippen molar-refractivity contribution in [3.05, 3.63) is 49.4 Å². The molecule has 2 unspecified atom stereocenters. The summed E-state index contributed by atoms with van der Waals surface area (Å²) in [5, 5.41) is 33.7. The highest BCUT2D eigenvalue weighted by atomic mass is 79.9. The maximum Gasteiger partial charge on any atom is 0.331 e. The van der Waals surface area contributed by atoms with Crippen LogP contribution in [0.2, 0.25) is 0 Å². The van der Waals surface area contributed by atoms with Crippen molar-refractivity contribution in [1.29, 1.82) is 0 Å². The molecule has 1 aromatic rings. The highest BCUT2D eigenvalue weighted by Gasteiger charge is 2.70. The summed E-state index contributed by atoms with van der Waals surface area (Å²) in [4.78, 5) is 25.7. The summed E-state index contributed by atoms with van der Waals surface area (Å²) < 4.78 is 7.88. The Bertz CT molecular complexity index is 1410. The molecular weight excluding hydrogens is 700 g/mol. The molecule has 4 fully saturated rings. The Morgan fingerprint density at radius 3 is 2.16 bits per heavy atom. The van der Waals surface area contributed by atoms with Gasteiger partial charge >= 0.3 is 11.9 Å². The summed E-state index contributed by atoms with van der Waals surface area (Å²) in [6, 6.07) is 6.08. The van der Waals surface area contributed by atoms with Crippen LogP contribution in [0.1, 0.15) is 105 Å². The molecule has 0 radical (unpaired) electrons. The summed E-state index contributed by atoms with van der Waals surface area (Å²) in [6.07, 6.45) is 3.72. The lowest BCUT2D eigenvalue weighted by molar-refractivity contribution is -0.234. The normalized spacial score (nSPS) is 40.1. The summed E-state index contributed by atoms with van der Waals surface area (Å²) in [6.45, 7) is 14.6. The molecule has 0 bridgehead atoms. The average molecular weight is 751 g/mol. The molecule has 1 aromatic carbocycles. The monoisotopic (exact) mass is 748 g/mol. The fourth-order valence-corrected chi connectivity index (χ4v) is 12.2. The minimum absolute atomic E-state index is 0.0119. The molecule has 248 valence electrons. The maximum absolute atomic E-state index is 13.2. The van der Waals surface area contributed by atoms with Crippen molar-refractivity contribution >= 4 is 49.4 Å². The summed E-state index contributed by atoms with van der Waals surface area (Å²) in [5.41, 5.74) is 3.44. The van der Waals surface area contributed by atoms with Crippen molar-refractivity contribution in [1.82, 2.24) is 0 Å². The van der Waals surface area contributed by atoms with Gasteiger partial charge in [-0.05, 0) is 140 Å². The predicted molar refractivity (Wildman–Crippen MR) is 183 cm³/mol. The molecule has 0 amide bonds. The van der Waals surface area contributed by atoms with Crippen LogP contribution in [0.3, 0.4) is 0 Å². The highest BCUT2D eigenvalue weighted by Crippen LogP contribution is 2.74. The molecule has 10 atom stereocenters. The van der Waals surface area contributed by atoms with Gasteiger partial charge in [0.15, 0.2) is 0 Å². The van der Waals surface area contributed by atoms with E-state index in [-0.39, 0.29) is 40.1 Å². The van der Waals surface area contributed by atoms with E-state index in [1.54, 1.807) is 0 Å². The smallest absolute Gasteiger partial charge is 0.331 e. The molecule has 8 heteroatoms. The van der Waals surface area contributed by atoms with E-state index in [9.17, 15) is 24.9 Å². The van der Waals surface area contributed by atoms with Gasteiger partial charge in [-0.1, -0.05) is 65.1 Å². The van der Waals surface area contributed by atoms with Crippen LogP contribution in [-0.2, 0) is 14.3 Å². The van der Waals surface area contributed by atoms with E-state index < -0.39 is 24.1 Å². The lowest BCUT2D eigenvalue weighted by Gasteiger charge is -2.69. The van der Waals surface area contributed by atoms with E-state index in [1.165, 1.54) is 6.92 Å². The third-order valence-corrected chi connectivity index (χ3v) is 14.0. The van der Waals surface area contributed by atoms with Crippen molar-refractivity contribution in [2.45, 2.75) is 118 Å². The molecule has 45 heavy (non-hydrogen) atoms. The highest BCUT2D eigenvalue weighted by molar-refractivity contribution is 9.11. The van der Waals surface area contributed by atoms with Crippen molar-refractivity contribution in [3.8, 4) is 0 Å². The Morgan fingerprint density at radius 1 is 0.933 bits per heavy atom. The molecule has 0 aromatic heterocycles. The first kappa shape index (κ1) is 34.8. The lowest BCUT2D eigenvalue weighted by Crippen LogP contribution is -2.65. The molecule has 4 aliphatic rings. The number of allylic oxidation sites excluding steroid dienone is 2. The zero-order chi connectivity index (χ0) is 33.2. The fraction of sp³-hybridized carbons (Fsp3) is 0.676. The first-order valence-corrected chi connectivity index (χ1v) is 18.2. The number of hydrogen-bond donors (Lipinski definition) is 3. The number of esters is 1. The third-order valence-electron chi connectivity index (χ3n) is 13.1. The van der Waals surface area contributed by atoms with Crippen LogP contribution >= 0.6 is 31.9 Å². The number of aliphatic carboxylic acids is 1. The van der Waals surface area contributed by atoms with Gasteiger partial charge in [0.05, 0.1) is 12.2 Å². The average Bonchev–Trinajstić information content (AvgIpc) is 3.19. The topological polar surface area (TPSA) is 104 Å². The van der Waals surface area contributed by atoms with Gasteiger partial charge in [0, 0.05) is 21.4 Å². The Morgan fingerprint density at radius 2 is 1.58 bits per heavy atom. The molecule has 0 aliphatic heterocycles. The summed E-state index contributed by atoms with van der Waals surface area (Å²) in [5.74, 6) is -1.11. The first-order chi connectivity index (χ1) is 20.9. The standard InChI is InChI=1S/C37H50Br2O6/c1-19(2)25(22-14-23(38)16-24(39)15-22)8-9-26(34(43)44)32-28-17-30(42)33-35(5)12-11-29(41)20(3)27(35)10-13-36(33,6)37(28,7)18-31(32)45-21(4)40/h14-16,20,27-31,33,41-42H,8-13,17-18H2,1-7H3,(H,43,44)/b32-26-/t20-,27?,28?,29+,30+,31-,33-,35-,36-,37-/m0/s1. The zero-order valence-corrected chi connectivity index (χ0v) is 30.9. The van der Waals surface area contributed by atoms with Crippen LogP contribution in [0.25, 0.3) is 5.57 Å². The van der Waals surface area contributed by atoms with Gasteiger partial charge in [0.1, 0.15) is 6.10 Å². The van der Waals surface area contributed by atoms with E-state index >= 15 is 0 Å². The van der Waals surface area contributed by atoms with E-state index in [0.717, 1.165) is 51.3 Å². The van der Waals surface area contributed by atoms with Crippen LogP contribution in [0.5, 0.6) is 0 Å². The number of rotatable bonds is 6. The molecule has 0 heterocycles. The number of aliphatic hydroxyl groups is 2. The van der Waals surface area contributed by atoms with Gasteiger partial charge in [-0.3, -0.25) is 4.79 Å². The van der Waals surface area contributed by atoms with Crippen LogP contribution in [0, 0.1) is 39.9 Å². The number of aliphatic hydroxyl groups excluding tert-OH is 2. The molecule has 4 saturated carbocycles. The minimum Gasteiger partial charge on any atom is -0.478 e. The second kappa shape index (κ2) is 12.5. The molecule has 4 aliphatic carbocycles. The van der Waals surface area contributed by atoms with Gasteiger partial charge < -0.3 is 20.1 Å². The molecular formula is C37H50Br2O6. The number of halogens is 2. The quantitative estimate of drug-likeness (QED) is 0.199. The van der Waals surface area contributed by atoms with E-state index in [2.05, 4.69) is 71.7 Å². The number of fused-ring (bicyclic) bond motifs is 5. The number of carboxylic acids is 1. The second-order valence-corrected chi connectivity index (χ2v) is 17.3. The maximum atomic E-state index is 13.2. The summed E-state index contributed by atoms with van der Waals surface area (Å²) >= 11 is 7.18. The first-order valence-electron chi connectivity index (χ1n) is 16.6. The van der Waals surface area contributed by atoms with Crippen LogP contribution in [0.15, 0.2) is 43.9 Å². The van der Waals surface area contributed by atoms with Gasteiger partial charge in [-0.25, -0.2) is 4.79 Å². The number of hydrogen-bond acceptors (Lipinski definition) is 5. The van der Waals surface area contributed by atoms with Gasteiger partial charge in [0.25, 0.3) is 0 Å². The van der Waals surface area contributed by atoms with Crippen molar-refractivity contribution < 1.29 is 29.6 Å². The number of benzene rings is 1. The third kappa shape index (κ3) is 5.82. The minimum atomic E-state index is -0.984. The van der Waals surface area contributed by atoms with E-state index in [1.807, 2.05) is 19.9 Å². The number of carboxylic acid groups (broad SMARTS) is 1. The van der Waals surface area contributed by atoms with E-state index in [4.69, 9.17) is 4.74 Å². The van der Waals surface area contributed by atoms with Crippen molar-refractivity contribution in [3.63, 3.8) is 0 Å². The second-order valence-electron chi connectivity index (χ2n) is 15.5. The molecule has 3 N–H and O–H groups in total. The van der Waals surface area contributed by atoms with Gasteiger partial charge in [-0.2, -0.15) is 0 Å². The van der Waals surface area contributed by atoms with Crippen LogP contribution < -0.4 is 0 Å². The number of carbonyl (C=O) groups is 2. The number of ether oxygens (including phenoxy) is 1. The van der Waals surface area contributed by atoms with Crippen LogP contribution in [0.4, 0.5) is 0 Å². The Labute approximate surface area is 285 Å². The molecule has 0 spiro atoms. The lowest BCUT2D eigenvalue weighted by atomic mass is 9.36. The van der Waals surface area contributed by atoms with Crippen molar-refractivity contribution in [2.24, 2.45) is 39.9 Å². The van der Waals surface area contributed by atoms with E-state index in [0.29, 0.717) is 42.7 Å². The SMILES string of the molecule is CC(=O)O[C@H]1C[C@@]2(C)C(C[C@@H](O)[C@H]3[C@@]4(C)CC[C@@H](O)[C@@H](C)C4CC[C@@]32C)/C1=C(\CCC(=C(C)C)c1cc(Br)cc(Br)c1)C(=O)O. The summed E-state index contributed by atoms with van der Waals surface area (Å²) in [7, 11) is 0. The Balaban J connectivity index is 1.58. The fourth-order valence-electron chi connectivity index (χ4n) is 10.9. The van der Waals surface area contributed by atoms with Crippen LogP contribution in [-0.4, -0.2) is 45.6 Å². The van der Waals surface area contributed by atoms with Gasteiger partial charge in [-0.15, -0.1) is 0 Å². The number of carbonyl (C=O) groups excluding carboxylic acids is 1. The largest absolute Gasteiger partial charge is 0.478 e. The van der Waals surface area contributed by atoms with Crippen molar-refractivity contribution in [2.75, 3.05) is 0 Å². The van der Waals surface area contributed by atoms with Gasteiger partial charge in [0.2, 0.25) is 0 Å². The Hall–Kier alpha value is -1.48. The predicted octanol–water partition coefficient (Wildman–Crippen LogP) is 8.72. The zero-order valence-electron chi connectivity index (χ0n) is 27.8. The molecule has 5 rings (SSSR count).